The molecule has 6 heteroatoms. The number of esters is 1. The first-order valence-electron chi connectivity index (χ1n) is 9.54. The van der Waals surface area contributed by atoms with E-state index in [0.717, 1.165) is 11.1 Å². The van der Waals surface area contributed by atoms with Crippen molar-refractivity contribution in [3.05, 3.63) is 88.9 Å². The molecule has 0 fully saturated rings. The highest BCUT2D eigenvalue weighted by Crippen LogP contribution is 2.23. The summed E-state index contributed by atoms with van der Waals surface area (Å²) in [6.45, 7) is 0.378. The van der Waals surface area contributed by atoms with Crippen LogP contribution in [0.2, 0.25) is 0 Å². The summed E-state index contributed by atoms with van der Waals surface area (Å²) in [6, 6.07) is 23.8. The van der Waals surface area contributed by atoms with Gasteiger partial charge in [0, 0.05) is 13.0 Å². The molecule has 1 heterocycles. The molecule has 1 aromatic heterocycles. The van der Waals surface area contributed by atoms with Gasteiger partial charge in [-0.25, -0.2) is 4.79 Å². The minimum Gasteiger partial charge on any atom is -0.427 e. The third-order valence-corrected chi connectivity index (χ3v) is 4.77. The van der Waals surface area contributed by atoms with Crippen LogP contribution in [-0.2, 0) is 11.3 Å². The summed E-state index contributed by atoms with van der Waals surface area (Å²) in [5.41, 5.74) is 3.80. The van der Waals surface area contributed by atoms with Gasteiger partial charge in [-0.2, -0.15) is 5.26 Å². The zero-order valence-electron chi connectivity index (χ0n) is 16.1. The number of aromatic nitrogens is 1. The summed E-state index contributed by atoms with van der Waals surface area (Å²) in [7, 11) is 0. The van der Waals surface area contributed by atoms with E-state index in [4.69, 9.17) is 14.4 Å². The Kier molecular flexibility index (Phi) is 5.44. The first-order valence-corrected chi connectivity index (χ1v) is 9.54. The number of carbonyl (C=O) groups is 1. The van der Waals surface area contributed by atoms with Crippen LogP contribution in [0.5, 0.6) is 5.75 Å². The monoisotopic (exact) mass is 398 g/mol. The summed E-state index contributed by atoms with van der Waals surface area (Å²) < 4.78 is 12.1. The molecule has 30 heavy (non-hydrogen) atoms. The van der Waals surface area contributed by atoms with E-state index in [2.05, 4.69) is 6.07 Å². The highest BCUT2D eigenvalue weighted by atomic mass is 16.5. The van der Waals surface area contributed by atoms with Crippen molar-refractivity contribution in [3.63, 3.8) is 0 Å². The van der Waals surface area contributed by atoms with Crippen molar-refractivity contribution < 1.29 is 13.9 Å². The first-order chi connectivity index (χ1) is 14.6. The average molecular weight is 398 g/mol. The molecule has 3 aromatic carbocycles. The van der Waals surface area contributed by atoms with E-state index in [1.165, 1.54) is 4.57 Å². The van der Waals surface area contributed by atoms with E-state index < -0.39 is 5.76 Å². The van der Waals surface area contributed by atoms with Gasteiger partial charge in [0.25, 0.3) is 0 Å². The van der Waals surface area contributed by atoms with Crippen LogP contribution in [0.15, 0.2) is 82.0 Å². The van der Waals surface area contributed by atoms with Crippen LogP contribution >= 0.6 is 0 Å². The van der Waals surface area contributed by atoms with Gasteiger partial charge >= 0.3 is 11.7 Å². The van der Waals surface area contributed by atoms with Crippen molar-refractivity contribution in [3.8, 4) is 22.9 Å². The molecule has 0 spiro atoms. The van der Waals surface area contributed by atoms with Crippen LogP contribution in [0, 0.1) is 11.3 Å². The second kappa shape index (κ2) is 8.50. The molecule has 0 aliphatic carbocycles. The van der Waals surface area contributed by atoms with E-state index in [1.54, 1.807) is 36.4 Å². The highest BCUT2D eigenvalue weighted by molar-refractivity contribution is 5.74. The first kappa shape index (κ1) is 19.2. The average Bonchev–Trinajstić information content (AvgIpc) is 3.09. The number of benzene rings is 3. The normalized spacial score (nSPS) is 10.6. The minimum absolute atomic E-state index is 0.184. The predicted molar refractivity (Wildman–Crippen MR) is 112 cm³/mol. The molecule has 0 N–H and O–H groups in total. The van der Waals surface area contributed by atoms with Crippen LogP contribution in [0.1, 0.15) is 18.4 Å². The maximum absolute atomic E-state index is 12.2. The largest absolute Gasteiger partial charge is 0.427 e. The standard InChI is InChI=1S/C24H18N2O4/c25-16-17-7-9-18(10-8-17)19-11-13-20(14-12-19)29-23(27)6-3-15-26-21-4-1-2-5-22(21)30-24(26)28/h1-2,4-5,7-14H,3,6,15H2. The van der Waals surface area contributed by atoms with Crippen molar-refractivity contribution in [2.75, 3.05) is 0 Å². The fraction of sp³-hybridized carbons (Fsp3) is 0.125. The Labute approximate surface area is 172 Å². The Bertz CT molecular complexity index is 1280. The number of para-hydroxylation sites is 2. The van der Waals surface area contributed by atoms with Crippen LogP contribution in [0.3, 0.4) is 0 Å². The SMILES string of the molecule is N#Cc1ccc(-c2ccc(OC(=O)CCCn3c(=O)oc4ccccc43)cc2)cc1. The fourth-order valence-corrected chi connectivity index (χ4v) is 3.24. The molecule has 4 aromatic rings. The van der Waals surface area contributed by atoms with E-state index in [0.29, 0.717) is 35.4 Å². The van der Waals surface area contributed by atoms with Crippen molar-refractivity contribution in [1.29, 1.82) is 5.26 Å². The highest BCUT2D eigenvalue weighted by Gasteiger charge is 2.10. The van der Waals surface area contributed by atoms with Crippen molar-refractivity contribution >= 4 is 17.1 Å². The van der Waals surface area contributed by atoms with Gasteiger partial charge in [-0.3, -0.25) is 9.36 Å². The Morgan fingerprint density at radius 1 is 0.967 bits per heavy atom. The summed E-state index contributed by atoms with van der Waals surface area (Å²) in [4.78, 5) is 24.1. The molecule has 0 radical (unpaired) electrons. The van der Waals surface area contributed by atoms with Crippen LogP contribution < -0.4 is 10.5 Å². The van der Waals surface area contributed by atoms with Crippen molar-refractivity contribution in [2.45, 2.75) is 19.4 Å². The smallest absolute Gasteiger partial charge is 0.419 e. The maximum atomic E-state index is 12.2. The second-order valence-electron chi connectivity index (χ2n) is 6.78. The van der Waals surface area contributed by atoms with E-state index in [1.807, 2.05) is 36.4 Å². The number of hydrogen-bond donors (Lipinski definition) is 0. The van der Waals surface area contributed by atoms with Gasteiger partial charge in [0.15, 0.2) is 5.58 Å². The third kappa shape index (κ3) is 4.15. The van der Waals surface area contributed by atoms with Crippen LogP contribution in [0.4, 0.5) is 0 Å². The molecular formula is C24H18N2O4. The number of nitriles is 1. The van der Waals surface area contributed by atoms with Crippen molar-refractivity contribution in [2.24, 2.45) is 0 Å². The van der Waals surface area contributed by atoms with E-state index in [-0.39, 0.29) is 12.4 Å². The number of aryl methyl sites for hydroxylation is 1. The molecule has 4 rings (SSSR count). The van der Waals surface area contributed by atoms with Gasteiger partial charge in [-0.1, -0.05) is 36.4 Å². The molecule has 0 saturated carbocycles. The van der Waals surface area contributed by atoms with Gasteiger partial charge in [0.2, 0.25) is 0 Å². The van der Waals surface area contributed by atoms with Gasteiger partial charge < -0.3 is 9.15 Å². The second-order valence-corrected chi connectivity index (χ2v) is 6.78. The number of ether oxygens (including phenoxy) is 1. The Morgan fingerprint density at radius 2 is 1.63 bits per heavy atom. The van der Waals surface area contributed by atoms with Gasteiger partial charge in [0.05, 0.1) is 17.1 Å². The number of fused-ring (bicyclic) bond motifs is 1. The molecule has 0 aliphatic rings. The molecule has 0 aliphatic heterocycles. The minimum atomic E-state index is -0.428. The molecule has 0 saturated heterocycles. The van der Waals surface area contributed by atoms with E-state index >= 15 is 0 Å². The lowest BCUT2D eigenvalue weighted by Crippen LogP contribution is -2.16. The molecule has 0 atom stereocenters. The molecule has 0 bridgehead atoms. The maximum Gasteiger partial charge on any atom is 0.419 e. The quantitative estimate of drug-likeness (QED) is 0.352. The Morgan fingerprint density at radius 3 is 2.33 bits per heavy atom. The number of hydrogen-bond acceptors (Lipinski definition) is 5. The molecule has 148 valence electrons. The van der Waals surface area contributed by atoms with Gasteiger partial charge in [-0.15, -0.1) is 0 Å². The van der Waals surface area contributed by atoms with Crippen molar-refractivity contribution in [1.82, 2.24) is 4.57 Å². The number of oxazole rings is 1. The van der Waals surface area contributed by atoms with E-state index in [9.17, 15) is 9.59 Å². The lowest BCUT2D eigenvalue weighted by Gasteiger charge is -2.07. The molecular weight excluding hydrogens is 380 g/mol. The van der Waals surface area contributed by atoms with Crippen LogP contribution in [0.25, 0.3) is 22.2 Å². The molecule has 0 unspecified atom stereocenters. The van der Waals surface area contributed by atoms with Gasteiger partial charge in [0.1, 0.15) is 5.75 Å². The molecule has 6 nitrogen and oxygen atoms in total. The summed E-state index contributed by atoms with van der Waals surface area (Å²) in [6.07, 6.45) is 0.648. The number of rotatable bonds is 6. The predicted octanol–water partition coefficient (Wildman–Crippen LogP) is 4.52. The summed E-state index contributed by atoms with van der Waals surface area (Å²) >= 11 is 0. The Balaban J connectivity index is 1.33. The lowest BCUT2D eigenvalue weighted by atomic mass is 10.0. The van der Waals surface area contributed by atoms with Gasteiger partial charge in [-0.05, 0) is 53.9 Å². The summed E-state index contributed by atoms with van der Waals surface area (Å²) in [5, 5.41) is 8.87. The topological polar surface area (TPSA) is 85.2 Å². The lowest BCUT2D eigenvalue weighted by molar-refractivity contribution is -0.134. The zero-order valence-corrected chi connectivity index (χ0v) is 16.1. The fourth-order valence-electron chi connectivity index (χ4n) is 3.24. The third-order valence-electron chi connectivity index (χ3n) is 4.77. The number of nitrogens with zero attached hydrogens (tertiary/aromatic N) is 2. The zero-order chi connectivity index (χ0) is 20.9. The summed E-state index contributed by atoms with van der Waals surface area (Å²) in [5.74, 6) is -0.326. The number of carbonyl (C=O) groups excluding carboxylic acids is 1. The molecule has 0 amide bonds. The Hall–Kier alpha value is -4.11. The van der Waals surface area contributed by atoms with Crippen LogP contribution in [-0.4, -0.2) is 10.5 Å².